The Morgan fingerprint density at radius 2 is 2.54 bits per heavy atom. The van der Waals surface area contributed by atoms with Gasteiger partial charge in [0.25, 0.3) is 0 Å². The van der Waals surface area contributed by atoms with Crippen molar-refractivity contribution in [1.29, 1.82) is 0 Å². The molecule has 0 saturated carbocycles. The average molecular weight is 185 g/mol. The molecule has 1 aliphatic heterocycles. The summed E-state index contributed by atoms with van der Waals surface area (Å²) in [6.07, 6.45) is 2.15. The first-order valence-corrected chi connectivity index (χ1v) is 4.96. The van der Waals surface area contributed by atoms with Crippen LogP contribution in [-0.2, 0) is 0 Å². The molecule has 1 rings (SSSR count). The third-order valence-corrected chi connectivity index (χ3v) is 2.15. The fraction of sp³-hybridized carbons (Fsp3) is 0.889. The van der Waals surface area contributed by atoms with Crippen molar-refractivity contribution in [2.75, 3.05) is 26.2 Å². The highest BCUT2D eigenvalue weighted by Crippen LogP contribution is 2.02. The number of nitrogens with zero attached hydrogens (tertiary/aromatic N) is 1. The number of aliphatic hydroxyl groups is 1. The summed E-state index contributed by atoms with van der Waals surface area (Å²) >= 11 is 0. The van der Waals surface area contributed by atoms with Gasteiger partial charge >= 0.3 is 0 Å². The van der Waals surface area contributed by atoms with Gasteiger partial charge in [-0.2, -0.15) is 0 Å². The highest BCUT2D eigenvalue weighted by atomic mass is 16.3. The maximum Gasteiger partial charge on any atom is 0.191 e. The molecule has 0 aromatic rings. The summed E-state index contributed by atoms with van der Waals surface area (Å²) in [5.41, 5.74) is 0. The van der Waals surface area contributed by atoms with Gasteiger partial charge in [0.05, 0.1) is 6.54 Å². The van der Waals surface area contributed by atoms with Crippen molar-refractivity contribution in [3.63, 3.8) is 0 Å². The molecule has 13 heavy (non-hydrogen) atoms. The molecule has 1 atom stereocenters. The Balaban J connectivity index is 1.94. The Bertz CT molecular complexity index is 170. The third-order valence-electron chi connectivity index (χ3n) is 2.15. The lowest BCUT2D eigenvalue weighted by Gasteiger charge is -2.08. The second kappa shape index (κ2) is 5.80. The van der Waals surface area contributed by atoms with E-state index in [4.69, 9.17) is 5.11 Å². The van der Waals surface area contributed by atoms with Crippen LogP contribution in [0, 0.1) is 5.92 Å². The van der Waals surface area contributed by atoms with E-state index in [1.165, 1.54) is 0 Å². The molecule has 0 saturated heterocycles. The molecule has 1 aliphatic rings. The molecule has 4 heteroatoms. The number of hydrogen-bond donors (Lipinski definition) is 3. The molecule has 0 fully saturated rings. The van der Waals surface area contributed by atoms with Crippen molar-refractivity contribution < 1.29 is 5.11 Å². The van der Waals surface area contributed by atoms with Crippen LogP contribution in [-0.4, -0.2) is 37.3 Å². The Labute approximate surface area is 79.4 Å². The lowest BCUT2D eigenvalue weighted by Crippen LogP contribution is -2.34. The van der Waals surface area contributed by atoms with Gasteiger partial charge in [0.2, 0.25) is 0 Å². The number of guanidine groups is 1. The van der Waals surface area contributed by atoms with Crippen LogP contribution in [0.2, 0.25) is 0 Å². The summed E-state index contributed by atoms with van der Waals surface area (Å²) in [6.45, 7) is 5.13. The highest BCUT2D eigenvalue weighted by molar-refractivity contribution is 5.81. The minimum absolute atomic E-state index is 0.291. The summed E-state index contributed by atoms with van der Waals surface area (Å²) in [6, 6.07) is 0. The number of hydrogen-bond acceptors (Lipinski definition) is 4. The number of aliphatic hydroxyl groups excluding tert-OH is 1. The molecule has 1 heterocycles. The monoisotopic (exact) mass is 185 g/mol. The quantitative estimate of drug-likeness (QED) is 0.526. The number of nitrogens with one attached hydrogen (secondary N) is 2. The van der Waals surface area contributed by atoms with Gasteiger partial charge in [0.15, 0.2) is 5.96 Å². The van der Waals surface area contributed by atoms with Crippen LogP contribution < -0.4 is 10.6 Å². The van der Waals surface area contributed by atoms with Crippen LogP contribution >= 0.6 is 0 Å². The van der Waals surface area contributed by atoms with E-state index in [0.29, 0.717) is 12.5 Å². The zero-order valence-electron chi connectivity index (χ0n) is 8.21. The molecule has 0 bridgehead atoms. The van der Waals surface area contributed by atoms with Crippen LogP contribution in [0.25, 0.3) is 0 Å². The van der Waals surface area contributed by atoms with Gasteiger partial charge in [-0.3, -0.25) is 4.99 Å². The highest BCUT2D eigenvalue weighted by Gasteiger charge is 2.03. The maximum absolute atomic E-state index is 8.79. The van der Waals surface area contributed by atoms with E-state index in [1.54, 1.807) is 0 Å². The smallest absolute Gasteiger partial charge is 0.191 e. The van der Waals surface area contributed by atoms with E-state index < -0.39 is 0 Å². The van der Waals surface area contributed by atoms with Crippen molar-refractivity contribution >= 4 is 5.96 Å². The SMILES string of the molecule is CC(CO)CCCNC1=NCCN1. The standard InChI is InChI=1S/C9H19N3O/c1-8(7-13)3-2-4-10-9-11-5-6-12-9/h8,13H,2-7H2,1H3,(H2,10,11,12). The third kappa shape index (κ3) is 4.12. The molecule has 0 aromatic heterocycles. The number of rotatable bonds is 5. The molecule has 0 aromatic carbocycles. The predicted octanol–water partition coefficient (Wildman–Crippen LogP) is -0.0562. The molecule has 0 aliphatic carbocycles. The zero-order chi connectivity index (χ0) is 9.52. The Hall–Kier alpha value is -0.770. The first-order chi connectivity index (χ1) is 6.33. The summed E-state index contributed by atoms with van der Waals surface area (Å²) in [5.74, 6) is 1.34. The van der Waals surface area contributed by atoms with E-state index in [9.17, 15) is 0 Å². The van der Waals surface area contributed by atoms with E-state index in [1.807, 2.05) is 0 Å². The normalized spacial score (nSPS) is 17.8. The molecule has 0 amide bonds. The van der Waals surface area contributed by atoms with E-state index >= 15 is 0 Å². The maximum atomic E-state index is 8.79. The van der Waals surface area contributed by atoms with E-state index in [2.05, 4.69) is 22.5 Å². The van der Waals surface area contributed by atoms with Gasteiger partial charge < -0.3 is 15.7 Å². The number of aliphatic imine (C=N–C) groups is 1. The van der Waals surface area contributed by atoms with E-state index in [0.717, 1.165) is 38.4 Å². The summed E-state index contributed by atoms with van der Waals surface area (Å²) < 4.78 is 0. The fourth-order valence-electron chi connectivity index (χ4n) is 1.26. The second-order valence-electron chi connectivity index (χ2n) is 3.51. The van der Waals surface area contributed by atoms with Gasteiger partial charge in [-0.15, -0.1) is 0 Å². The van der Waals surface area contributed by atoms with Crippen LogP contribution in [0.1, 0.15) is 19.8 Å². The topological polar surface area (TPSA) is 56.6 Å². The molecule has 3 N–H and O–H groups in total. The zero-order valence-corrected chi connectivity index (χ0v) is 8.21. The van der Waals surface area contributed by atoms with Crippen molar-refractivity contribution in [1.82, 2.24) is 10.6 Å². The first kappa shape index (κ1) is 10.3. The largest absolute Gasteiger partial charge is 0.396 e. The predicted molar refractivity (Wildman–Crippen MR) is 53.8 cm³/mol. The van der Waals surface area contributed by atoms with Gasteiger partial charge in [-0.1, -0.05) is 6.92 Å². The molecular weight excluding hydrogens is 166 g/mol. The van der Waals surface area contributed by atoms with Gasteiger partial charge in [0, 0.05) is 19.7 Å². The molecule has 4 nitrogen and oxygen atoms in total. The first-order valence-electron chi connectivity index (χ1n) is 4.96. The van der Waals surface area contributed by atoms with Gasteiger partial charge in [0.1, 0.15) is 0 Å². The summed E-state index contributed by atoms with van der Waals surface area (Å²) in [4.78, 5) is 4.22. The summed E-state index contributed by atoms with van der Waals surface area (Å²) in [5, 5.41) is 15.2. The molecule has 76 valence electrons. The molecule has 0 radical (unpaired) electrons. The van der Waals surface area contributed by atoms with Gasteiger partial charge in [-0.05, 0) is 18.8 Å². The minimum Gasteiger partial charge on any atom is -0.396 e. The van der Waals surface area contributed by atoms with Crippen molar-refractivity contribution in [3.8, 4) is 0 Å². The Morgan fingerprint density at radius 1 is 1.69 bits per heavy atom. The van der Waals surface area contributed by atoms with Crippen molar-refractivity contribution in [2.24, 2.45) is 10.9 Å². The molecule has 1 unspecified atom stereocenters. The van der Waals surface area contributed by atoms with Crippen molar-refractivity contribution in [3.05, 3.63) is 0 Å². The lowest BCUT2D eigenvalue weighted by molar-refractivity contribution is 0.228. The Morgan fingerprint density at radius 3 is 3.15 bits per heavy atom. The second-order valence-corrected chi connectivity index (χ2v) is 3.51. The summed E-state index contributed by atoms with van der Waals surface area (Å²) in [7, 11) is 0. The van der Waals surface area contributed by atoms with Gasteiger partial charge in [-0.25, -0.2) is 0 Å². The lowest BCUT2D eigenvalue weighted by atomic mass is 10.1. The fourth-order valence-corrected chi connectivity index (χ4v) is 1.26. The van der Waals surface area contributed by atoms with Crippen molar-refractivity contribution in [2.45, 2.75) is 19.8 Å². The van der Waals surface area contributed by atoms with Crippen LogP contribution in [0.3, 0.4) is 0 Å². The van der Waals surface area contributed by atoms with E-state index in [-0.39, 0.29) is 0 Å². The Kier molecular flexibility index (Phi) is 4.60. The minimum atomic E-state index is 0.291. The van der Waals surface area contributed by atoms with Crippen LogP contribution in [0.5, 0.6) is 0 Å². The molecule has 0 spiro atoms. The average Bonchev–Trinajstić information content (AvgIpc) is 2.64. The molecular formula is C9H19N3O. The van der Waals surface area contributed by atoms with Crippen LogP contribution in [0.4, 0.5) is 0 Å². The van der Waals surface area contributed by atoms with Crippen LogP contribution in [0.15, 0.2) is 4.99 Å².